The summed E-state index contributed by atoms with van der Waals surface area (Å²) in [6.07, 6.45) is 3.91. The van der Waals surface area contributed by atoms with E-state index in [0.717, 1.165) is 16.8 Å². The van der Waals surface area contributed by atoms with Gasteiger partial charge in [0.05, 0.1) is 25.3 Å². The van der Waals surface area contributed by atoms with Crippen molar-refractivity contribution in [1.82, 2.24) is 20.1 Å². The summed E-state index contributed by atoms with van der Waals surface area (Å²) in [6.45, 7) is 1.18. The number of hydrogen-bond donors (Lipinski definition) is 2. The van der Waals surface area contributed by atoms with E-state index in [1.165, 1.54) is 4.90 Å². The van der Waals surface area contributed by atoms with Gasteiger partial charge in [0, 0.05) is 51.0 Å². The molecule has 0 radical (unpaired) electrons. The van der Waals surface area contributed by atoms with Crippen molar-refractivity contribution in [3.05, 3.63) is 89.7 Å². The Labute approximate surface area is 258 Å². The fraction of sp³-hybridized carbons (Fsp3) is 0.412. The van der Waals surface area contributed by atoms with E-state index in [4.69, 9.17) is 9.47 Å². The number of hydrogen-bond acceptors (Lipinski definition) is 7. The van der Waals surface area contributed by atoms with Gasteiger partial charge in [-0.3, -0.25) is 19.4 Å². The number of likely N-dealkylation sites (tertiary alicyclic amines) is 1. The van der Waals surface area contributed by atoms with Gasteiger partial charge < -0.3 is 29.7 Å². The van der Waals surface area contributed by atoms with Crippen molar-refractivity contribution in [2.45, 2.75) is 57.3 Å². The van der Waals surface area contributed by atoms with Crippen LogP contribution in [0.25, 0.3) is 0 Å². The first-order valence-corrected chi connectivity index (χ1v) is 15.3. The van der Waals surface area contributed by atoms with Gasteiger partial charge in [0.25, 0.3) is 0 Å². The van der Waals surface area contributed by atoms with E-state index < -0.39 is 6.04 Å². The van der Waals surface area contributed by atoms with Crippen LogP contribution in [-0.4, -0.2) is 82.5 Å². The number of fused-ring (bicyclic) bond motifs is 9. The fourth-order valence-corrected chi connectivity index (χ4v) is 5.59. The van der Waals surface area contributed by atoms with Gasteiger partial charge >= 0.3 is 0 Å². The smallest absolute Gasteiger partial charge is 0.239 e. The minimum atomic E-state index is -0.457. The van der Waals surface area contributed by atoms with E-state index >= 15 is 0 Å². The van der Waals surface area contributed by atoms with Crippen molar-refractivity contribution in [1.29, 1.82) is 0 Å². The fourth-order valence-electron chi connectivity index (χ4n) is 5.59. The van der Waals surface area contributed by atoms with E-state index in [1.54, 1.807) is 11.1 Å². The third kappa shape index (κ3) is 8.87. The maximum absolute atomic E-state index is 13.4. The molecule has 10 heteroatoms. The van der Waals surface area contributed by atoms with Gasteiger partial charge in [-0.25, -0.2) is 0 Å². The minimum Gasteiger partial charge on any atom is -0.457 e. The number of benzene rings is 2. The summed E-state index contributed by atoms with van der Waals surface area (Å²) in [5.74, 6) is 0.886. The summed E-state index contributed by atoms with van der Waals surface area (Å²) in [7, 11) is 0. The molecule has 0 saturated carbocycles. The van der Waals surface area contributed by atoms with Gasteiger partial charge in [0.15, 0.2) is 0 Å². The highest BCUT2D eigenvalue weighted by Crippen LogP contribution is 2.25. The average Bonchev–Trinajstić information content (AvgIpc) is 3.04. The second kappa shape index (κ2) is 15.4. The van der Waals surface area contributed by atoms with Crippen LogP contribution in [0.2, 0.25) is 0 Å². The van der Waals surface area contributed by atoms with Gasteiger partial charge in [-0.15, -0.1) is 0 Å². The molecule has 1 fully saturated rings. The third-order valence-electron chi connectivity index (χ3n) is 7.99. The molecule has 3 aliphatic rings. The Morgan fingerprint density at radius 1 is 1.00 bits per heavy atom. The molecule has 2 atom stereocenters. The topological polar surface area (TPSA) is 121 Å². The second-order valence-corrected chi connectivity index (χ2v) is 11.3. The number of nitrogens with one attached hydrogen (secondary N) is 1. The van der Waals surface area contributed by atoms with Crippen molar-refractivity contribution in [2.24, 2.45) is 0 Å². The molecular weight excluding hydrogens is 560 g/mol. The number of aliphatic hydroxyl groups is 1. The molecule has 232 valence electrons. The SMILES string of the molecule is O=C1CN(CCCO)C(=O)CCc2ccc(cc2)Oc2cccc(c2)CO[C@H]2CCN(C(=O)CCc3ccccn3)C[C@@H]2N1. The number of aromatic nitrogens is 1. The quantitative estimate of drug-likeness (QED) is 0.446. The summed E-state index contributed by atoms with van der Waals surface area (Å²) in [5.41, 5.74) is 2.77. The molecule has 0 aliphatic carbocycles. The first kappa shape index (κ1) is 31.2. The second-order valence-electron chi connectivity index (χ2n) is 11.3. The molecule has 1 saturated heterocycles. The molecule has 3 aliphatic heterocycles. The number of piperidine rings is 1. The number of rotatable bonds is 6. The molecule has 0 unspecified atom stereocenters. The zero-order valence-corrected chi connectivity index (χ0v) is 24.9. The van der Waals surface area contributed by atoms with Crippen LogP contribution in [0.15, 0.2) is 72.9 Å². The first-order chi connectivity index (χ1) is 21.5. The predicted molar refractivity (Wildman–Crippen MR) is 164 cm³/mol. The monoisotopic (exact) mass is 600 g/mol. The Balaban J connectivity index is 1.33. The summed E-state index contributed by atoms with van der Waals surface area (Å²) in [4.78, 5) is 47.3. The number of carbonyl (C=O) groups is 3. The molecule has 1 aromatic heterocycles. The Bertz CT molecular complexity index is 1400. The molecule has 2 aromatic carbocycles. The molecule has 4 bridgehead atoms. The molecule has 3 amide bonds. The summed E-state index contributed by atoms with van der Waals surface area (Å²) < 4.78 is 12.4. The molecule has 2 N–H and O–H groups in total. The third-order valence-corrected chi connectivity index (χ3v) is 7.99. The molecule has 10 nitrogen and oxygen atoms in total. The standard InChI is InChI=1S/C34H40N4O6/c39-20-4-18-37-23-32(40)36-30-22-38(34(42)15-11-27-6-1-2-17-35-27)19-16-31(30)43-24-26-5-3-7-29(21-26)44-28-12-8-25(9-13-28)10-14-33(37)41/h1-3,5-9,12-13,17,21,30-31,39H,4,10-11,14-16,18-20,22-24H2,(H,36,40)/t30-,31-/m0/s1. The highest BCUT2D eigenvalue weighted by Gasteiger charge is 2.33. The number of amides is 3. The summed E-state index contributed by atoms with van der Waals surface area (Å²) in [6, 6.07) is 20.5. The van der Waals surface area contributed by atoms with E-state index in [2.05, 4.69) is 10.3 Å². The van der Waals surface area contributed by atoms with Crippen LogP contribution in [0.5, 0.6) is 11.5 Å². The Morgan fingerprint density at radius 3 is 2.66 bits per heavy atom. The minimum absolute atomic E-state index is 0.00433. The van der Waals surface area contributed by atoms with Crippen LogP contribution in [0.1, 0.15) is 42.5 Å². The molecule has 4 heterocycles. The highest BCUT2D eigenvalue weighted by molar-refractivity contribution is 5.85. The van der Waals surface area contributed by atoms with Crippen molar-refractivity contribution < 1.29 is 29.0 Å². The van der Waals surface area contributed by atoms with Gasteiger partial charge in [-0.2, -0.15) is 0 Å². The van der Waals surface area contributed by atoms with Gasteiger partial charge in [0.2, 0.25) is 17.7 Å². The maximum atomic E-state index is 13.4. The number of aliphatic hydroxyl groups excluding tert-OH is 1. The number of aryl methyl sites for hydroxylation is 2. The van der Waals surface area contributed by atoms with Gasteiger partial charge in [0.1, 0.15) is 11.5 Å². The van der Waals surface area contributed by atoms with Crippen molar-refractivity contribution >= 4 is 17.7 Å². The molecule has 3 aromatic rings. The van der Waals surface area contributed by atoms with Crippen molar-refractivity contribution in [3.8, 4) is 11.5 Å². The lowest BCUT2D eigenvalue weighted by molar-refractivity contribution is -0.139. The van der Waals surface area contributed by atoms with Gasteiger partial charge in [-0.1, -0.05) is 30.3 Å². The van der Waals surface area contributed by atoms with Gasteiger partial charge in [-0.05, 0) is 73.2 Å². The van der Waals surface area contributed by atoms with Crippen LogP contribution in [0, 0.1) is 0 Å². The van der Waals surface area contributed by atoms with Crippen molar-refractivity contribution in [3.63, 3.8) is 0 Å². The molecule has 44 heavy (non-hydrogen) atoms. The Kier molecular flexibility index (Phi) is 10.9. The zero-order chi connectivity index (χ0) is 30.7. The number of carbonyl (C=O) groups excluding carboxylic acids is 3. The van der Waals surface area contributed by atoms with Crippen LogP contribution < -0.4 is 10.1 Å². The normalized spacial score (nSPS) is 19.7. The number of ether oxygens (including phenoxy) is 2. The number of pyridine rings is 1. The lowest BCUT2D eigenvalue weighted by Gasteiger charge is -2.39. The predicted octanol–water partition coefficient (Wildman–Crippen LogP) is 3.27. The van der Waals surface area contributed by atoms with E-state index in [1.807, 2.05) is 66.7 Å². The Morgan fingerprint density at radius 2 is 1.86 bits per heavy atom. The van der Waals surface area contributed by atoms with Crippen molar-refractivity contribution in [2.75, 3.05) is 32.8 Å². The first-order valence-electron chi connectivity index (χ1n) is 15.3. The highest BCUT2D eigenvalue weighted by atomic mass is 16.5. The lowest BCUT2D eigenvalue weighted by Crippen LogP contribution is -2.58. The van der Waals surface area contributed by atoms with Crippen LogP contribution >= 0.6 is 0 Å². The van der Waals surface area contributed by atoms with Crippen LogP contribution in [-0.2, 0) is 38.6 Å². The average molecular weight is 601 g/mol. The van der Waals surface area contributed by atoms with Crippen LogP contribution in [0.4, 0.5) is 0 Å². The maximum Gasteiger partial charge on any atom is 0.239 e. The van der Waals surface area contributed by atoms with E-state index in [0.29, 0.717) is 63.3 Å². The molecule has 0 spiro atoms. The molecule has 6 rings (SSSR count). The van der Waals surface area contributed by atoms with Crippen LogP contribution in [0.3, 0.4) is 0 Å². The summed E-state index contributed by atoms with van der Waals surface area (Å²) in [5, 5.41) is 12.5. The van der Waals surface area contributed by atoms with E-state index in [9.17, 15) is 19.5 Å². The lowest BCUT2D eigenvalue weighted by atomic mass is 10.0. The number of nitrogens with zero attached hydrogens (tertiary/aromatic N) is 3. The Hall–Kier alpha value is -4.28. The summed E-state index contributed by atoms with van der Waals surface area (Å²) >= 11 is 0. The molecular formula is C34H40N4O6. The largest absolute Gasteiger partial charge is 0.457 e. The van der Waals surface area contributed by atoms with E-state index in [-0.39, 0.29) is 49.9 Å². The zero-order valence-electron chi connectivity index (χ0n) is 24.9.